The Labute approximate surface area is 117 Å². The largest absolute Gasteiger partial charge is 0.351 e. The summed E-state index contributed by atoms with van der Waals surface area (Å²) in [6, 6.07) is 3.02. The fourth-order valence-electron chi connectivity index (χ4n) is 2.48. The quantitative estimate of drug-likeness (QED) is 0.615. The average Bonchev–Trinajstić information content (AvgIpc) is 2.46. The lowest BCUT2D eigenvalue weighted by Gasteiger charge is -2.32. The molecule has 1 aliphatic rings. The molecule has 0 aromatic carbocycles. The molecule has 1 saturated heterocycles. The van der Waals surface area contributed by atoms with Crippen molar-refractivity contribution in [3.8, 4) is 0 Å². The Hall–Kier alpha value is -2.18. The Kier molecular flexibility index (Phi) is 4.16. The van der Waals surface area contributed by atoms with Crippen molar-refractivity contribution in [1.29, 1.82) is 0 Å². The van der Waals surface area contributed by atoms with Crippen LogP contribution in [-0.2, 0) is 4.79 Å². The summed E-state index contributed by atoms with van der Waals surface area (Å²) >= 11 is 0. The maximum absolute atomic E-state index is 11.9. The van der Waals surface area contributed by atoms with E-state index >= 15 is 0 Å². The summed E-state index contributed by atoms with van der Waals surface area (Å²) in [5.74, 6) is 0.525. The Bertz CT molecular complexity index is 510. The van der Waals surface area contributed by atoms with Gasteiger partial charge in [-0.05, 0) is 18.9 Å². The molecule has 0 aliphatic carbocycles. The van der Waals surface area contributed by atoms with E-state index in [9.17, 15) is 14.9 Å². The van der Waals surface area contributed by atoms with E-state index in [0.29, 0.717) is 31.7 Å². The summed E-state index contributed by atoms with van der Waals surface area (Å²) in [7, 11) is 3.50. The van der Waals surface area contributed by atoms with Gasteiger partial charge in [-0.2, -0.15) is 0 Å². The lowest BCUT2D eigenvalue weighted by Crippen LogP contribution is -2.40. The molecule has 1 aliphatic heterocycles. The molecule has 0 unspecified atom stereocenters. The second-order valence-electron chi connectivity index (χ2n) is 5.10. The summed E-state index contributed by atoms with van der Waals surface area (Å²) < 4.78 is 0. The third-order valence-electron chi connectivity index (χ3n) is 3.55. The molecule has 0 saturated carbocycles. The first kappa shape index (κ1) is 14.2. The summed E-state index contributed by atoms with van der Waals surface area (Å²) in [6.45, 7) is 1.23. The number of nitro groups is 1. The maximum Gasteiger partial charge on any atom is 0.311 e. The molecule has 0 spiro atoms. The number of hydrogen-bond acceptors (Lipinski definition) is 5. The highest BCUT2D eigenvalue weighted by molar-refractivity contribution is 5.78. The first-order chi connectivity index (χ1) is 9.50. The van der Waals surface area contributed by atoms with Crippen LogP contribution in [0.15, 0.2) is 18.3 Å². The van der Waals surface area contributed by atoms with Crippen molar-refractivity contribution < 1.29 is 9.72 Å². The molecule has 1 fully saturated rings. The zero-order valence-electron chi connectivity index (χ0n) is 11.7. The number of piperidine rings is 1. The Balaban J connectivity index is 2.08. The van der Waals surface area contributed by atoms with Crippen LogP contribution in [-0.4, -0.2) is 47.9 Å². The Morgan fingerprint density at radius 1 is 1.45 bits per heavy atom. The Morgan fingerprint density at radius 3 is 2.65 bits per heavy atom. The van der Waals surface area contributed by atoms with Gasteiger partial charge in [0.25, 0.3) is 0 Å². The van der Waals surface area contributed by atoms with Crippen LogP contribution >= 0.6 is 0 Å². The summed E-state index contributed by atoms with van der Waals surface area (Å²) in [5, 5.41) is 11.0. The van der Waals surface area contributed by atoms with Gasteiger partial charge in [0.05, 0.1) is 4.92 Å². The van der Waals surface area contributed by atoms with Gasteiger partial charge < -0.3 is 9.80 Å². The molecule has 7 nitrogen and oxygen atoms in total. The second-order valence-corrected chi connectivity index (χ2v) is 5.10. The molecule has 0 atom stereocenters. The molecule has 7 heteroatoms. The van der Waals surface area contributed by atoms with Crippen molar-refractivity contribution in [2.75, 3.05) is 32.1 Å². The SMILES string of the molecule is CN(C)C(=O)C1CCN(c2ncccc2[N+](=O)[O-])CC1. The van der Waals surface area contributed by atoms with Gasteiger partial charge in [-0.25, -0.2) is 4.98 Å². The van der Waals surface area contributed by atoms with Crippen LogP contribution in [0, 0.1) is 16.0 Å². The lowest BCUT2D eigenvalue weighted by atomic mass is 9.95. The molecule has 108 valence electrons. The van der Waals surface area contributed by atoms with Crippen LogP contribution in [0.4, 0.5) is 11.5 Å². The number of aromatic nitrogens is 1. The molecular weight excluding hydrogens is 260 g/mol. The van der Waals surface area contributed by atoms with E-state index in [1.54, 1.807) is 31.3 Å². The van der Waals surface area contributed by atoms with Crippen molar-refractivity contribution in [1.82, 2.24) is 9.88 Å². The van der Waals surface area contributed by atoms with Crippen LogP contribution < -0.4 is 4.90 Å². The van der Waals surface area contributed by atoms with Crippen molar-refractivity contribution in [2.24, 2.45) is 5.92 Å². The molecule has 2 rings (SSSR count). The number of hydrogen-bond donors (Lipinski definition) is 0. The topological polar surface area (TPSA) is 79.6 Å². The van der Waals surface area contributed by atoms with Crippen molar-refractivity contribution in [3.05, 3.63) is 28.4 Å². The van der Waals surface area contributed by atoms with Gasteiger partial charge in [0.1, 0.15) is 0 Å². The van der Waals surface area contributed by atoms with E-state index in [0.717, 1.165) is 0 Å². The minimum absolute atomic E-state index is 0.00372. The monoisotopic (exact) mass is 278 g/mol. The van der Waals surface area contributed by atoms with Crippen LogP contribution in [0.3, 0.4) is 0 Å². The summed E-state index contributed by atoms with van der Waals surface area (Å²) in [6.07, 6.45) is 2.95. The predicted molar refractivity (Wildman–Crippen MR) is 74.5 cm³/mol. The van der Waals surface area contributed by atoms with Crippen LogP contribution in [0.5, 0.6) is 0 Å². The van der Waals surface area contributed by atoms with Gasteiger partial charge in [0.15, 0.2) is 0 Å². The lowest BCUT2D eigenvalue weighted by molar-refractivity contribution is -0.384. The zero-order valence-corrected chi connectivity index (χ0v) is 11.7. The van der Waals surface area contributed by atoms with Gasteiger partial charge in [-0.3, -0.25) is 14.9 Å². The van der Waals surface area contributed by atoms with Gasteiger partial charge >= 0.3 is 5.69 Å². The molecule has 1 amide bonds. The molecule has 0 bridgehead atoms. The summed E-state index contributed by atoms with van der Waals surface area (Å²) in [5.41, 5.74) is 0.0184. The highest BCUT2D eigenvalue weighted by Crippen LogP contribution is 2.29. The van der Waals surface area contributed by atoms with Gasteiger partial charge in [-0.1, -0.05) is 0 Å². The van der Waals surface area contributed by atoms with Crippen molar-refractivity contribution in [2.45, 2.75) is 12.8 Å². The third-order valence-corrected chi connectivity index (χ3v) is 3.55. The minimum Gasteiger partial charge on any atom is -0.351 e. The number of carbonyl (C=O) groups excluding carboxylic acids is 1. The van der Waals surface area contributed by atoms with E-state index in [1.165, 1.54) is 6.07 Å². The number of rotatable bonds is 3. The number of amides is 1. The zero-order chi connectivity index (χ0) is 14.7. The highest BCUT2D eigenvalue weighted by Gasteiger charge is 2.29. The van der Waals surface area contributed by atoms with E-state index < -0.39 is 4.92 Å². The van der Waals surface area contributed by atoms with Crippen molar-refractivity contribution in [3.63, 3.8) is 0 Å². The van der Waals surface area contributed by atoms with E-state index in [2.05, 4.69) is 4.98 Å². The summed E-state index contributed by atoms with van der Waals surface area (Å²) in [4.78, 5) is 30.1. The fraction of sp³-hybridized carbons (Fsp3) is 0.538. The smallest absolute Gasteiger partial charge is 0.311 e. The number of pyridine rings is 1. The van der Waals surface area contributed by atoms with Crippen LogP contribution in [0.25, 0.3) is 0 Å². The van der Waals surface area contributed by atoms with Gasteiger partial charge in [0.2, 0.25) is 11.7 Å². The van der Waals surface area contributed by atoms with E-state index in [1.807, 2.05) is 4.90 Å². The molecule has 2 heterocycles. The fourth-order valence-corrected chi connectivity index (χ4v) is 2.48. The second kappa shape index (κ2) is 5.85. The average molecular weight is 278 g/mol. The Morgan fingerprint density at radius 2 is 2.10 bits per heavy atom. The minimum atomic E-state index is -0.417. The number of carbonyl (C=O) groups is 1. The first-order valence-corrected chi connectivity index (χ1v) is 6.56. The number of nitrogens with zero attached hydrogens (tertiary/aromatic N) is 4. The van der Waals surface area contributed by atoms with Crippen LogP contribution in [0.1, 0.15) is 12.8 Å². The van der Waals surface area contributed by atoms with Crippen LogP contribution in [0.2, 0.25) is 0 Å². The standard InChI is InChI=1S/C13H18N4O3/c1-15(2)13(18)10-5-8-16(9-6-10)12-11(17(19)20)4-3-7-14-12/h3-4,7,10H,5-6,8-9H2,1-2H3. The van der Waals surface area contributed by atoms with E-state index in [4.69, 9.17) is 0 Å². The highest BCUT2D eigenvalue weighted by atomic mass is 16.6. The third kappa shape index (κ3) is 2.87. The molecule has 1 aromatic rings. The van der Waals surface area contributed by atoms with Gasteiger partial charge in [-0.15, -0.1) is 0 Å². The molecule has 20 heavy (non-hydrogen) atoms. The first-order valence-electron chi connectivity index (χ1n) is 6.56. The van der Waals surface area contributed by atoms with E-state index in [-0.39, 0.29) is 17.5 Å². The predicted octanol–water partition coefficient (Wildman–Crippen LogP) is 1.29. The molecule has 0 radical (unpaired) electrons. The molecular formula is C13H18N4O3. The number of anilines is 1. The normalized spacial score (nSPS) is 16.0. The molecule has 0 N–H and O–H groups in total. The van der Waals surface area contributed by atoms with Gasteiger partial charge in [0, 0.05) is 45.4 Å². The maximum atomic E-state index is 11.9. The van der Waals surface area contributed by atoms with Crippen molar-refractivity contribution >= 4 is 17.4 Å². The molecule has 1 aromatic heterocycles.